The van der Waals surface area contributed by atoms with Crippen LogP contribution in [0.2, 0.25) is 0 Å². The minimum absolute atomic E-state index is 1.01. The lowest BCUT2D eigenvalue weighted by molar-refractivity contribution is 0.728. The highest BCUT2D eigenvalue weighted by molar-refractivity contribution is 4.92. The van der Waals surface area contributed by atoms with E-state index in [0.717, 1.165) is 19.3 Å². The van der Waals surface area contributed by atoms with Gasteiger partial charge in [-0.1, -0.05) is 51.0 Å². The SMILES string of the molecule is [CH2]CC/C=C/C/C=C\CCCCC. The zero-order chi connectivity index (χ0) is 9.78. The molecule has 0 fully saturated rings. The topological polar surface area (TPSA) is 0 Å². The molecule has 0 aliphatic heterocycles. The highest BCUT2D eigenvalue weighted by Gasteiger charge is 1.80. The van der Waals surface area contributed by atoms with Gasteiger partial charge in [-0.25, -0.2) is 0 Å². The maximum atomic E-state index is 3.78. The average molecular weight is 179 g/mol. The molecule has 0 saturated carbocycles. The molecular weight excluding hydrogens is 156 g/mol. The van der Waals surface area contributed by atoms with Crippen LogP contribution in [0.4, 0.5) is 0 Å². The van der Waals surface area contributed by atoms with E-state index in [2.05, 4.69) is 38.2 Å². The van der Waals surface area contributed by atoms with E-state index in [4.69, 9.17) is 0 Å². The van der Waals surface area contributed by atoms with Crippen molar-refractivity contribution in [3.8, 4) is 0 Å². The fourth-order valence-corrected chi connectivity index (χ4v) is 1.14. The first-order valence-corrected chi connectivity index (χ1v) is 5.51. The first-order valence-electron chi connectivity index (χ1n) is 5.51. The molecule has 0 N–H and O–H groups in total. The van der Waals surface area contributed by atoms with Crippen molar-refractivity contribution in [1.82, 2.24) is 0 Å². The van der Waals surface area contributed by atoms with Gasteiger partial charge in [0.05, 0.1) is 0 Å². The minimum Gasteiger partial charge on any atom is -0.0882 e. The van der Waals surface area contributed by atoms with Crippen LogP contribution >= 0.6 is 0 Å². The van der Waals surface area contributed by atoms with Gasteiger partial charge < -0.3 is 0 Å². The monoisotopic (exact) mass is 179 g/mol. The molecule has 0 saturated heterocycles. The molecule has 0 aromatic carbocycles. The van der Waals surface area contributed by atoms with E-state index < -0.39 is 0 Å². The number of hydrogen-bond acceptors (Lipinski definition) is 0. The van der Waals surface area contributed by atoms with Gasteiger partial charge in [-0.15, -0.1) is 0 Å². The Bertz CT molecular complexity index is 131. The van der Waals surface area contributed by atoms with E-state index in [1.54, 1.807) is 0 Å². The summed E-state index contributed by atoms with van der Waals surface area (Å²) in [6.45, 7) is 6.03. The lowest BCUT2D eigenvalue weighted by Crippen LogP contribution is -1.70. The summed E-state index contributed by atoms with van der Waals surface area (Å²) >= 11 is 0. The van der Waals surface area contributed by atoms with Crippen LogP contribution in [0.3, 0.4) is 0 Å². The van der Waals surface area contributed by atoms with Crippen molar-refractivity contribution >= 4 is 0 Å². The molecule has 0 nitrogen and oxygen atoms in total. The fraction of sp³-hybridized carbons (Fsp3) is 0.615. The molecule has 0 atom stereocenters. The van der Waals surface area contributed by atoms with E-state index in [0.29, 0.717) is 0 Å². The molecule has 0 spiro atoms. The molecule has 0 bridgehead atoms. The molecule has 0 rings (SSSR count). The molecule has 0 aromatic rings. The Morgan fingerprint density at radius 1 is 0.923 bits per heavy atom. The standard InChI is InChI=1S/C13H23/c1-3-5-7-9-11-13-12-10-8-6-4-2/h7,9,12-13H,1,3-6,8,10-11H2,2H3/b9-7+,13-12-. The average Bonchev–Trinajstić information content (AvgIpc) is 2.16. The molecular formula is C13H23. The lowest BCUT2D eigenvalue weighted by Gasteiger charge is -1.90. The van der Waals surface area contributed by atoms with Crippen molar-refractivity contribution < 1.29 is 0 Å². The van der Waals surface area contributed by atoms with Gasteiger partial charge in [0.15, 0.2) is 0 Å². The predicted molar refractivity (Wildman–Crippen MR) is 61.6 cm³/mol. The van der Waals surface area contributed by atoms with Crippen molar-refractivity contribution in [2.75, 3.05) is 0 Å². The third-order valence-electron chi connectivity index (χ3n) is 1.95. The van der Waals surface area contributed by atoms with Gasteiger partial charge in [0.1, 0.15) is 0 Å². The fourth-order valence-electron chi connectivity index (χ4n) is 1.14. The van der Waals surface area contributed by atoms with E-state index in [9.17, 15) is 0 Å². The molecule has 0 amide bonds. The molecule has 13 heavy (non-hydrogen) atoms. The second kappa shape index (κ2) is 11.5. The summed E-state index contributed by atoms with van der Waals surface area (Å²) in [6, 6.07) is 0. The second-order valence-electron chi connectivity index (χ2n) is 3.32. The summed E-state index contributed by atoms with van der Waals surface area (Å²) in [5.41, 5.74) is 0. The molecule has 75 valence electrons. The van der Waals surface area contributed by atoms with Crippen molar-refractivity contribution in [2.45, 2.75) is 51.9 Å². The third-order valence-corrected chi connectivity index (χ3v) is 1.95. The Kier molecular flexibility index (Phi) is 11.0. The number of rotatable bonds is 8. The van der Waals surface area contributed by atoms with Crippen LogP contribution in [0, 0.1) is 6.92 Å². The highest BCUT2D eigenvalue weighted by atomic mass is 13.9. The van der Waals surface area contributed by atoms with E-state index in [1.807, 2.05) is 0 Å². The van der Waals surface area contributed by atoms with Gasteiger partial charge in [-0.3, -0.25) is 0 Å². The van der Waals surface area contributed by atoms with Crippen molar-refractivity contribution in [2.24, 2.45) is 0 Å². The van der Waals surface area contributed by atoms with Gasteiger partial charge in [0, 0.05) is 0 Å². The zero-order valence-corrected chi connectivity index (χ0v) is 8.97. The quantitative estimate of drug-likeness (QED) is 0.375. The lowest BCUT2D eigenvalue weighted by atomic mass is 10.2. The van der Waals surface area contributed by atoms with Crippen LogP contribution in [-0.2, 0) is 0 Å². The zero-order valence-electron chi connectivity index (χ0n) is 8.97. The molecule has 0 heteroatoms. The Morgan fingerprint density at radius 2 is 1.62 bits per heavy atom. The summed E-state index contributed by atoms with van der Waals surface area (Å²) in [4.78, 5) is 0. The molecule has 0 aliphatic carbocycles. The maximum Gasteiger partial charge on any atom is -0.0169 e. The molecule has 0 heterocycles. The van der Waals surface area contributed by atoms with E-state index in [-0.39, 0.29) is 0 Å². The van der Waals surface area contributed by atoms with Crippen molar-refractivity contribution in [1.29, 1.82) is 0 Å². The molecule has 1 radical (unpaired) electrons. The van der Waals surface area contributed by atoms with Gasteiger partial charge in [0.2, 0.25) is 0 Å². The van der Waals surface area contributed by atoms with Gasteiger partial charge in [-0.05, 0) is 32.1 Å². The summed E-state index contributed by atoms with van der Waals surface area (Å²) in [5, 5.41) is 0. The van der Waals surface area contributed by atoms with Crippen molar-refractivity contribution in [3.05, 3.63) is 31.2 Å². The highest BCUT2D eigenvalue weighted by Crippen LogP contribution is 2.00. The van der Waals surface area contributed by atoms with Crippen LogP contribution in [0.5, 0.6) is 0 Å². The van der Waals surface area contributed by atoms with Crippen LogP contribution in [0.1, 0.15) is 51.9 Å². The molecule has 0 unspecified atom stereocenters. The normalized spacial score (nSPS) is 11.8. The first kappa shape index (κ1) is 12.5. The smallest absolute Gasteiger partial charge is 0.0169 e. The number of hydrogen-bond donors (Lipinski definition) is 0. The minimum atomic E-state index is 1.01. The van der Waals surface area contributed by atoms with Gasteiger partial charge >= 0.3 is 0 Å². The summed E-state index contributed by atoms with van der Waals surface area (Å²) < 4.78 is 0. The summed E-state index contributed by atoms with van der Waals surface area (Å²) in [6.07, 6.45) is 17.5. The van der Waals surface area contributed by atoms with Crippen LogP contribution in [0.25, 0.3) is 0 Å². The third kappa shape index (κ3) is 11.5. The molecule has 0 aromatic heterocycles. The largest absolute Gasteiger partial charge is 0.0882 e. The van der Waals surface area contributed by atoms with Crippen LogP contribution in [-0.4, -0.2) is 0 Å². The van der Waals surface area contributed by atoms with E-state index in [1.165, 1.54) is 25.7 Å². The molecule has 0 aliphatic rings. The second-order valence-corrected chi connectivity index (χ2v) is 3.32. The summed E-state index contributed by atoms with van der Waals surface area (Å²) in [7, 11) is 0. The number of unbranched alkanes of at least 4 members (excludes halogenated alkanes) is 4. The van der Waals surface area contributed by atoms with Crippen LogP contribution in [0.15, 0.2) is 24.3 Å². The number of allylic oxidation sites excluding steroid dienone is 4. The van der Waals surface area contributed by atoms with E-state index >= 15 is 0 Å². The first-order chi connectivity index (χ1) is 6.41. The Morgan fingerprint density at radius 3 is 2.23 bits per heavy atom. The van der Waals surface area contributed by atoms with Crippen molar-refractivity contribution in [3.63, 3.8) is 0 Å². The van der Waals surface area contributed by atoms with Gasteiger partial charge in [0.25, 0.3) is 0 Å². The maximum absolute atomic E-state index is 3.78. The Balaban J connectivity index is 3.11. The van der Waals surface area contributed by atoms with Gasteiger partial charge in [-0.2, -0.15) is 0 Å². The predicted octanol–water partition coefficient (Wildman–Crippen LogP) is 4.68. The van der Waals surface area contributed by atoms with Crippen LogP contribution < -0.4 is 0 Å². The Labute approximate surface area is 83.7 Å². The Hall–Kier alpha value is -0.520. The summed E-state index contributed by atoms with van der Waals surface area (Å²) in [5.74, 6) is 0.